The van der Waals surface area contributed by atoms with Crippen molar-refractivity contribution in [2.24, 2.45) is 5.92 Å². The van der Waals surface area contributed by atoms with Crippen molar-refractivity contribution < 1.29 is 27.9 Å². The van der Waals surface area contributed by atoms with Gasteiger partial charge in [0, 0.05) is 31.1 Å². The third-order valence-corrected chi connectivity index (χ3v) is 4.00. The fourth-order valence-corrected chi connectivity index (χ4v) is 2.64. The molecule has 1 aromatic rings. The Labute approximate surface area is 136 Å². The number of hydrogen-bond acceptors (Lipinski definition) is 4. The molecule has 0 spiro atoms. The highest BCUT2D eigenvalue weighted by atomic mass is 19.1. The van der Waals surface area contributed by atoms with Crippen molar-refractivity contribution in [3.05, 3.63) is 35.4 Å². The molecule has 0 bridgehead atoms. The van der Waals surface area contributed by atoms with Gasteiger partial charge in [0.2, 0.25) is 0 Å². The number of halogens is 2. The van der Waals surface area contributed by atoms with Crippen molar-refractivity contribution in [2.75, 3.05) is 26.2 Å². The molecule has 4 amide bonds. The summed E-state index contributed by atoms with van der Waals surface area (Å²) in [5.74, 6) is -1.86. The van der Waals surface area contributed by atoms with Gasteiger partial charge in [0.15, 0.2) is 6.61 Å². The van der Waals surface area contributed by atoms with Crippen molar-refractivity contribution >= 4 is 18.0 Å². The van der Waals surface area contributed by atoms with Crippen LogP contribution in [-0.4, -0.2) is 54.1 Å². The largest absolute Gasteiger partial charge is 0.439 e. The summed E-state index contributed by atoms with van der Waals surface area (Å²) >= 11 is 0. The van der Waals surface area contributed by atoms with E-state index in [0.717, 1.165) is 17.0 Å². The normalized spacial score (nSPS) is 17.8. The molecular formula is C15H15F2N3O4. The van der Waals surface area contributed by atoms with E-state index >= 15 is 0 Å². The minimum absolute atomic E-state index is 0.0319. The lowest BCUT2D eigenvalue weighted by atomic mass is 10.0. The number of nitrogens with one attached hydrogen (secondary N) is 1. The molecule has 128 valence electrons. The van der Waals surface area contributed by atoms with Gasteiger partial charge in [0.1, 0.15) is 11.6 Å². The first-order valence-electron chi connectivity index (χ1n) is 7.38. The Morgan fingerprint density at radius 2 is 1.92 bits per heavy atom. The van der Waals surface area contributed by atoms with Crippen molar-refractivity contribution in [1.29, 1.82) is 0 Å². The van der Waals surface area contributed by atoms with Gasteiger partial charge in [-0.2, -0.15) is 0 Å². The topological polar surface area (TPSA) is 79.0 Å². The number of rotatable bonds is 4. The summed E-state index contributed by atoms with van der Waals surface area (Å²) in [5, 5.41) is 2.45. The second-order valence-corrected chi connectivity index (χ2v) is 5.69. The molecule has 2 heterocycles. The van der Waals surface area contributed by atoms with Crippen LogP contribution in [-0.2, 0) is 16.1 Å². The number of carbonyl (C=O) groups is 3. The number of likely N-dealkylation sites (tertiary alicyclic amines) is 1. The fraction of sp³-hybridized carbons (Fsp3) is 0.400. The Bertz CT molecular complexity index is 655. The first-order chi connectivity index (χ1) is 11.5. The average molecular weight is 339 g/mol. The molecule has 2 aliphatic heterocycles. The van der Waals surface area contributed by atoms with E-state index in [1.165, 1.54) is 11.0 Å². The van der Waals surface area contributed by atoms with E-state index in [1.54, 1.807) is 0 Å². The lowest BCUT2D eigenvalue weighted by molar-refractivity contribution is -0.126. The molecule has 0 unspecified atom stereocenters. The van der Waals surface area contributed by atoms with Crippen molar-refractivity contribution in [2.45, 2.75) is 6.54 Å². The van der Waals surface area contributed by atoms with Gasteiger partial charge >= 0.3 is 12.1 Å². The zero-order chi connectivity index (χ0) is 17.3. The molecule has 2 saturated heterocycles. The molecule has 9 heteroatoms. The molecule has 3 rings (SSSR count). The Hall–Kier alpha value is -2.71. The summed E-state index contributed by atoms with van der Waals surface area (Å²) in [7, 11) is 0. The predicted molar refractivity (Wildman–Crippen MR) is 76.7 cm³/mol. The monoisotopic (exact) mass is 339 g/mol. The standard InChI is InChI=1S/C15H15F2N3O4/c16-11-2-1-3-12(17)10(11)4-18-14(22)19-5-9(6-19)7-20-13(21)8-24-15(20)23/h1-3,9H,4-8H2,(H,18,22). The van der Waals surface area contributed by atoms with Gasteiger partial charge in [-0.1, -0.05) is 6.07 Å². The number of hydrogen-bond donors (Lipinski definition) is 1. The molecule has 0 aromatic heterocycles. The first-order valence-corrected chi connectivity index (χ1v) is 7.38. The number of nitrogens with zero attached hydrogens (tertiary/aromatic N) is 2. The van der Waals surface area contributed by atoms with Crippen LogP contribution < -0.4 is 5.32 Å². The van der Waals surface area contributed by atoms with Crippen LogP contribution >= 0.6 is 0 Å². The van der Waals surface area contributed by atoms with Crippen LogP contribution in [0.5, 0.6) is 0 Å². The Morgan fingerprint density at radius 3 is 2.50 bits per heavy atom. The van der Waals surface area contributed by atoms with E-state index in [9.17, 15) is 23.2 Å². The summed E-state index contributed by atoms with van der Waals surface area (Å²) in [6.07, 6.45) is -0.669. The zero-order valence-corrected chi connectivity index (χ0v) is 12.6. The van der Waals surface area contributed by atoms with E-state index < -0.39 is 29.7 Å². The first kappa shape index (κ1) is 16.2. The minimum atomic E-state index is -0.720. The molecule has 2 aliphatic rings. The summed E-state index contributed by atoms with van der Waals surface area (Å²) in [4.78, 5) is 37.1. The molecule has 7 nitrogen and oxygen atoms in total. The van der Waals surface area contributed by atoms with Crippen LogP contribution in [0.2, 0.25) is 0 Å². The van der Waals surface area contributed by atoms with Crippen LogP contribution in [0.15, 0.2) is 18.2 Å². The molecule has 24 heavy (non-hydrogen) atoms. The van der Waals surface area contributed by atoms with Gasteiger partial charge in [-0.3, -0.25) is 4.79 Å². The highest BCUT2D eigenvalue weighted by Crippen LogP contribution is 2.19. The van der Waals surface area contributed by atoms with Crippen molar-refractivity contribution in [3.63, 3.8) is 0 Å². The van der Waals surface area contributed by atoms with Crippen LogP contribution in [0.3, 0.4) is 0 Å². The number of urea groups is 1. The Morgan fingerprint density at radius 1 is 1.25 bits per heavy atom. The summed E-state index contributed by atoms with van der Waals surface area (Å²) in [6, 6.07) is 3.04. The molecule has 0 saturated carbocycles. The second kappa shape index (κ2) is 6.42. The third-order valence-electron chi connectivity index (χ3n) is 4.00. The van der Waals surface area contributed by atoms with E-state index in [1.807, 2.05) is 0 Å². The van der Waals surface area contributed by atoms with Gasteiger partial charge in [-0.05, 0) is 12.1 Å². The molecule has 0 aliphatic carbocycles. The fourth-order valence-electron chi connectivity index (χ4n) is 2.64. The highest BCUT2D eigenvalue weighted by Gasteiger charge is 2.38. The number of amides is 4. The summed E-state index contributed by atoms with van der Waals surface area (Å²) in [5.41, 5.74) is -0.201. The smallest absolute Gasteiger partial charge is 0.417 e. The Balaban J connectivity index is 1.45. The van der Waals surface area contributed by atoms with Gasteiger partial charge in [-0.15, -0.1) is 0 Å². The van der Waals surface area contributed by atoms with Crippen LogP contribution in [0.1, 0.15) is 5.56 Å². The summed E-state index contributed by atoms with van der Waals surface area (Å²) in [6.45, 7) is 0.397. The zero-order valence-electron chi connectivity index (χ0n) is 12.6. The Kier molecular flexibility index (Phi) is 4.32. The van der Waals surface area contributed by atoms with Gasteiger partial charge in [0.25, 0.3) is 5.91 Å². The van der Waals surface area contributed by atoms with Crippen LogP contribution in [0.4, 0.5) is 18.4 Å². The van der Waals surface area contributed by atoms with E-state index in [4.69, 9.17) is 0 Å². The van der Waals surface area contributed by atoms with E-state index in [-0.39, 0.29) is 31.2 Å². The van der Waals surface area contributed by atoms with Gasteiger partial charge in [0.05, 0.1) is 6.54 Å². The maximum atomic E-state index is 13.5. The molecule has 1 N–H and O–H groups in total. The van der Waals surface area contributed by atoms with Gasteiger partial charge in [-0.25, -0.2) is 23.3 Å². The minimum Gasteiger partial charge on any atom is -0.439 e. The summed E-state index contributed by atoms with van der Waals surface area (Å²) < 4.78 is 31.6. The number of carbonyl (C=O) groups excluding carboxylic acids is 3. The lowest BCUT2D eigenvalue weighted by Gasteiger charge is -2.40. The van der Waals surface area contributed by atoms with Crippen LogP contribution in [0, 0.1) is 17.6 Å². The molecular weight excluding hydrogens is 324 g/mol. The SMILES string of the molecule is O=C(NCc1c(F)cccc1F)N1CC(CN2C(=O)COC2=O)C1. The number of cyclic esters (lactones) is 1. The van der Waals surface area contributed by atoms with Gasteiger partial charge < -0.3 is 15.0 Å². The van der Waals surface area contributed by atoms with Crippen molar-refractivity contribution in [1.82, 2.24) is 15.1 Å². The van der Waals surface area contributed by atoms with Crippen LogP contribution in [0.25, 0.3) is 0 Å². The molecule has 1 aromatic carbocycles. The molecule has 0 atom stereocenters. The number of ether oxygens (including phenoxy) is 1. The maximum Gasteiger partial charge on any atom is 0.417 e. The second-order valence-electron chi connectivity index (χ2n) is 5.69. The average Bonchev–Trinajstić information content (AvgIpc) is 2.81. The third kappa shape index (κ3) is 3.15. The predicted octanol–water partition coefficient (Wildman–Crippen LogP) is 1.08. The highest BCUT2D eigenvalue weighted by molar-refractivity contribution is 5.97. The molecule has 2 fully saturated rings. The number of imide groups is 1. The maximum absolute atomic E-state index is 13.5. The number of benzene rings is 1. The van der Waals surface area contributed by atoms with E-state index in [0.29, 0.717) is 13.1 Å². The lowest BCUT2D eigenvalue weighted by Crippen LogP contribution is -2.57. The quantitative estimate of drug-likeness (QED) is 0.890. The van der Waals surface area contributed by atoms with Crippen molar-refractivity contribution in [3.8, 4) is 0 Å². The molecule has 0 radical (unpaired) electrons. The van der Waals surface area contributed by atoms with E-state index in [2.05, 4.69) is 10.1 Å².